The number of ketones is 1. The normalized spacial score (nSPS) is 10.7. The standard InChI is InChI=1S/C12H18O2S/c1-4-9(5-2)8-10(13)12-11(14-3)6-7-15-12/h6-7,9H,4-5,8H2,1-3H3. The zero-order valence-corrected chi connectivity index (χ0v) is 10.4. The van der Waals surface area contributed by atoms with Crippen molar-refractivity contribution in [2.75, 3.05) is 7.11 Å². The Labute approximate surface area is 95.3 Å². The monoisotopic (exact) mass is 226 g/mol. The van der Waals surface area contributed by atoms with Gasteiger partial charge in [0.2, 0.25) is 0 Å². The highest BCUT2D eigenvalue weighted by atomic mass is 32.1. The Morgan fingerprint density at radius 3 is 2.67 bits per heavy atom. The van der Waals surface area contributed by atoms with Gasteiger partial charge in [0.05, 0.1) is 7.11 Å². The van der Waals surface area contributed by atoms with E-state index in [9.17, 15) is 4.79 Å². The van der Waals surface area contributed by atoms with Crippen molar-refractivity contribution in [2.24, 2.45) is 5.92 Å². The van der Waals surface area contributed by atoms with Gasteiger partial charge in [-0.05, 0) is 17.4 Å². The third kappa shape index (κ3) is 3.06. The molecule has 0 radical (unpaired) electrons. The lowest BCUT2D eigenvalue weighted by molar-refractivity contribution is 0.0960. The largest absolute Gasteiger partial charge is 0.495 e. The highest BCUT2D eigenvalue weighted by Gasteiger charge is 2.17. The maximum absolute atomic E-state index is 11.9. The van der Waals surface area contributed by atoms with Gasteiger partial charge in [0, 0.05) is 6.42 Å². The number of Topliss-reactive ketones (excluding diaryl/α,β-unsaturated/α-hetero) is 1. The molecule has 0 amide bonds. The Kier molecular flexibility index (Phi) is 4.82. The molecule has 0 saturated carbocycles. The van der Waals surface area contributed by atoms with Crippen LogP contribution in [0.5, 0.6) is 5.75 Å². The third-order valence-electron chi connectivity index (χ3n) is 2.73. The summed E-state index contributed by atoms with van der Waals surface area (Å²) in [6.45, 7) is 4.26. The average molecular weight is 226 g/mol. The van der Waals surface area contributed by atoms with E-state index >= 15 is 0 Å². The molecule has 0 aromatic carbocycles. The van der Waals surface area contributed by atoms with Crippen LogP contribution in [0, 0.1) is 5.92 Å². The first-order valence-corrected chi connectivity index (χ1v) is 6.25. The Morgan fingerprint density at radius 2 is 2.13 bits per heavy atom. The Balaban J connectivity index is 2.68. The summed E-state index contributed by atoms with van der Waals surface area (Å²) in [4.78, 5) is 12.7. The summed E-state index contributed by atoms with van der Waals surface area (Å²) in [5.41, 5.74) is 0. The lowest BCUT2D eigenvalue weighted by atomic mass is 9.96. The van der Waals surface area contributed by atoms with Crippen molar-refractivity contribution in [3.05, 3.63) is 16.3 Å². The minimum absolute atomic E-state index is 0.218. The van der Waals surface area contributed by atoms with Crippen LogP contribution in [0.3, 0.4) is 0 Å². The summed E-state index contributed by atoms with van der Waals surface area (Å²) in [6, 6.07) is 1.85. The van der Waals surface area contributed by atoms with Crippen LogP contribution in [0.4, 0.5) is 0 Å². The molecule has 1 aromatic rings. The number of thiophene rings is 1. The van der Waals surface area contributed by atoms with Crippen LogP contribution in [-0.4, -0.2) is 12.9 Å². The number of carbonyl (C=O) groups excluding carboxylic acids is 1. The lowest BCUT2D eigenvalue weighted by Crippen LogP contribution is -2.07. The van der Waals surface area contributed by atoms with E-state index in [-0.39, 0.29) is 5.78 Å². The highest BCUT2D eigenvalue weighted by molar-refractivity contribution is 7.12. The smallest absolute Gasteiger partial charge is 0.176 e. The summed E-state index contributed by atoms with van der Waals surface area (Å²) >= 11 is 1.47. The number of ether oxygens (including phenoxy) is 1. The summed E-state index contributed by atoms with van der Waals surface area (Å²) < 4.78 is 5.14. The van der Waals surface area contributed by atoms with Gasteiger partial charge in [-0.1, -0.05) is 26.7 Å². The molecule has 0 aliphatic rings. The summed E-state index contributed by atoms with van der Waals surface area (Å²) in [5, 5.41) is 1.90. The first-order valence-electron chi connectivity index (χ1n) is 5.37. The molecule has 15 heavy (non-hydrogen) atoms. The Bertz CT molecular complexity index is 313. The van der Waals surface area contributed by atoms with E-state index in [1.807, 2.05) is 11.4 Å². The molecule has 0 spiro atoms. The molecule has 0 aliphatic heterocycles. The van der Waals surface area contributed by atoms with E-state index < -0.39 is 0 Å². The van der Waals surface area contributed by atoms with E-state index in [0.717, 1.165) is 23.5 Å². The minimum atomic E-state index is 0.218. The second-order valence-electron chi connectivity index (χ2n) is 3.63. The molecule has 0 atom stereocenters. The van der Waals surface area contributed by atoms with E-state index in [4.69, 9.17) is 4.74 Å². The summed E-state index contributed by atoms with van der Waals surface area (Å²) in [7, 11) is 1.61. The molecule has 0 N–H and O–H groups in total. The second-order valence-corrected chi connectivity index (χ2v) is 4.54. The molecule has 1 rings (SSSR count). The van der Waals surface area contributed by atoms with Crippen molar-refractivity contribution in [1.29, 1.82) is 0 Å². The highest BCUT2D eigenvalue weighted by Crippen LogP contribution is 2.27. The molecule has 0 bridgehead atoms. The van der Waals surface area contributed by atoms with E-state index in [1.54, 1.807) is 7.11 Å². The van der Waals surface area contributed by atoms with E-state index in [0.29, 0.717) is 12.3 Å². The van der Waals surface area contributed by atoms with Crippen molar-refractivity contribution in [3.8, 4) is 5.75 Å². The fraction of sp³-hybridized carbons (Fsp3) is 0.583. The van der Waals surface area contributed by atoms with E-state index in [1.165, 1.54) is 11.3 Å². The molecule has 2 nitrogen and oxygen atoms in total. The zero-order valence-electron chi connectivity index (χ0n) is 9.58. The number of hydrogen-bond acceptors (Lipinski definition) is 3. The zero-order chi connectivity index (χ0) is 11.3. The fourth-order valence-electron chi connectivity index (χ4n) is 1.59. The SMILES string of the molecule is CCC(CC)CC(=O)c1sccc1OC. The Hall–Kier alpha value is -0.830. The van der Waals surface area contributed by atoms with Gasteiger partial charge in [-0.25, -0.2) is 0 Å². The van der Waals surface area contributed by atoms with Crippen LogP contribution in [0.1, 0.15) is 42.8 Å². The molecule has 3 heteroatoms. The number of methoxy groups -OCH3 is 1. The van der Waals surface area contributed by atoms with Crippen LogP contribution in [0.2, 0.25) is 0 Å². The molecular formula is C12H18O2S. The van der Waals surface area contributed by atoms with Gasteiger partial charge < -0.3 is 4.74 Å². The molecule has 1 aromatic heterocycles. The number of rotatable bonds is 6. The van der Waals surface area contributed by atoms with Gasteiger partial charge >= 0.3 is 0 Å². The minimum Gasteiger partial charge on any atom is -0.495 e. The molecule has 0 aliphatic carbocycles. The quantitative estimate of drug-likeness (QED) is 0.690. The van der Waals surface area contributed by atoms with Crippen molar-refractivity contribution in [2.45, 2.75) is 33.1 Å². The molecule has 0 fully saturated rings. The lowest BCUT2D eigenvalue weighted by Gasteiger charge is -2.10. The molecule has 0 unspecified atom stereocenters. The molecule has 1 heterocycles. The summed E-state index contributed by atoms with van der Waals surface area (Å²) in [6.07, 6.45) is 2.77. The van der Waals surface area contributed by atoms with E-state index in [2.05, 4.69) is 13.8 Å². The summed E-state index contributed by atoms with van der Waals surface area (Å²) in [5.74, 6) is 1.44. The predicted octanol–water partition coefficient (Wildman–Crippen LogP) is 3.77. The van der Waals surface area contributed by atoms with Crippen LogP contribution in [0.25, 0.3) is 0 Å². The van der Waals surface area contributed by atoms with Crippen molar-refractivity contribution in [1.82, 2.24) is 0 Å². The molecule has 0 saturated heterocycles. The van der Waals surface area contributed by atoms with Crippen molar-refractivity contribution < 1.29 is 9.53 Å². The van der Waals surface area contributed by atoms with Crippen molar-refractivity contribution >= 4 is 17.1 Å². The van der Waals surface area contributed by atoms with Gasteiger partial charge in [0.25, 0.3) is 0 Å². The number of carbonyl (C=O) groups is 1. The van der Waals surface area contributed by atoms with Gasteiger partial charge in [0.15, 0.2) is 5.78 Å². The first kappa shape index (κ1) is 12.2. The second kappa shape index (κ2) is 5.91. The van der Waals surface area contributed by atoms with Crippen LogP contribution < -0.4 is 4.74 Å². The Morgan fingerprint density at radius 1 is 1.47 bits per heavy atom. The maximum Gasteiger partial charge on any atom is 0.176 e. The topological polar surface area (TPSA) is 26.3 Å². The average Bonchev–Trinajstić information content (AvgIpc) is 2.73. The fourth-order valence-corrected chi connectivity index (χ4v) is 2.40. The van der Waals surface area contributed by atoms with Gasteiger partial charge in [0.1, 0.15) is 10.6 Å². The molecular weight excluding hydrogens is 208 g/mol. The third-order valence-corrected chi connectivity index (χ3v) is 3.67. The molecule has 84 valence electrons. The van der Waals surface area contributed by atoms with Crippen LogP contribution in [-0.2, 0) is 0 Å². The maximum atomic E-state index is 11.9. The predicted molar refractivity (Wildman–Crippen MR) is 63.9 cm³/mol. The van der Waals surface area contributed by atoms with Gasteiger partial charge in [-0.2, -0.15) is 0 Å². The number of hydrogen-bond donors (Lipinski definition) is 0. The van der Waals surface area contributed by atoms with Crippen LogP contribution in [0.15, 0.2) is 11.4 Å². The van der Waals surface area contributed by atoms with Crippen LogP contribution >= 0.6 is 11.3 Å². The van der Waals surface area contributed by atoms with Gasteiger partial charge in [-0.15, -0.1) is 11.3 Å². The van der Waals surface area contributed by atoms with Crippen molar-refractivity contribution in [3.63, 3.8) is 0 Å². The first-order chi connectivity index (χ1) is 7.22. The van der Waals surface area contributed by atoms with Gasteiger partial charge in [-0.3, -0.25) is 4.79 Å².